The van der Waals surface area contributed by atoms with Crippen LogP contribution < -0.4 is 5.73 Å². The van der Waals surface area contributed by atoms with Gasteiger partial charge < -0.3 is 5.73 Å². The first-order chi connectivity index (χ1) is 7.20. The van der Waals surface area contributed by atoms with Crippen LogP contribution in [-0.2, 0) is 0 Å². The molecule has 1 atom stereocenters. The smallest absolute Gasteiger partial charge is 0.288 e. The van der Waals surface area contributed by atoms with Gasteiger partial charge in [0, 0.05) is 18.3 Å². The molecule has 1 aromatic rings. The molecule has 0 spiro atoms. The third-order valence-corrected chi connectivity index (χ3v) is 2.59. The lowest BCUT2D eigenvalue weighted by molar-refractivity contribution is -0.404. The molecule has 0 saturated heterocycles. The highest BCUT2D eigenvalue weighted by Gasteiger charge is 2.26. The summed E-state index contributed by atoms with van der Waals surface area (Å²) in [4.78, 5) is 12.2. The van der Waals surface area contributed by atoms with Gasteiger partial charge in [0.1, 0.15) is 0 Å². The maximum absolute atomic E-state index is 12.2. The van der Waals surface area contributed by atoms with Gasteiger partial charge >= 0.3 is 0 Å². The van der Waals surface area contributed by atoms with Crippen LogP contribution in [0.2, 0.25) is 0 Å². The molecule has 0 radical (unpaired) electrons. The summed E-state index contributed by atoms with van der Waals surface area (Å²) in [7, 11) is 0. The van der Waals surface area contributed by atoms with E-state index < -0.39 is 0 Å². The molecule has 3 N–H and O–H groups in total. The number of carbonyl (C=O) groups excluding carboxylic acids is 1. The van der Waals surface area contributed by atoms with Crippen LogP contribution in [-0.4, -0.2) is 16.5 Å². The van der Waals surface area contributed by atoms with Crippen molar-refractivity contribution < 1.29 is 10.5 Å². The van der Waals surface area contributed by atoms with Crippen molar-refractivity contribution in [3.05, 3.63) is 23.5 Å². The van der Waals surface area contributed by atoms with Crippen LogP contribution in [0.5, 0.6) is 0 Å². The summed E-state index contributed by atoms with van der Waals surface area (Å²) in [6.45, 7) is 10.3. The Hall–Kier alpha value is -1.09. The van der Waals surface area contributed by atoms with Gasteiger partial charge in [-0.3, -0.25) is 9.36 Å². The Morgan fingerprint density at radius 1 is 1.44 bits per heavy atom. The molecule has 0 saturated carbocycles. The number of aromatic nitrogens is 1. The molecule has 1 rings (SSSR count). The molecule has 0 aliphatic carbocycles. The summed E-state index contributed by atoms with van der Waals surface area (Å²) >= 11 is 0. The van der Waals surface area contributed by atoms with Gasteiger partial charge in [-0.25, -0.2) is 0 Å². The Balaban J connectivity index is 2.82. The summed E-state index contributed by atoms with van der Waals surface area (Å²) in [5, 5.41) is 0. The van der Waals surface area contributed by atoms with Crippen molar-refractivity contribution in [1.82, 2.24) is 4.57 Å². The highest BCUT2D eigenvalue weighted by molar-refractivity contribution is 5.83. The normalized spacial score (nSPS) is 13.9. The number of nitrogens with zero attached hydrogens (tertiary/aromatic N) is 1. The van der Waals surface area contributed by atoms with Gasteiger partial charge in [-0.2, -0.15) is 0 Å². The van der Waals surface area contributed by atoms with Crippen molar-refractivity contribution in [3.8, 4) is 0 Å². The largest absolute Gasteiger partial charge is 0.347 e. The molecular weight excluding hydrogens is 200 g/mol. The number of carbonyl (C=O) groups is 1. The quantitative estimate of drug-likeness (QED) is 0.816. The van der Waals surface area contributed by atoms with E-state index in [4.69, 9.17) is 0 Å². The van der Waals surface area contributed by atoms with Crippen LogP contribution in [0, 0.1) is 19.3 Å². The maximum atomic E-state index is 12.2. The maximum Gasteiger partial charge on any atom is 0.288 e. The highest BCUT2D eigenvalue weighted by Crippen LogP contribution is 2.20. The monoisotopic (exact) mass is 223 g/mol. The second-order valence-corrected chi connectivity index (χ2v) is 5.83. The number of aryl methyl sites for hydroxylation is 2. The lowest BCUT2D eigenvalue weighted by Crippen LogP contribution is -2.66. The lowest BCUT2D eigenvalue weighted by atomic mass is 9.88. The first kappa shape index (κ1) is 13.0. The van der Waals surface area contributed by atoms with Crippen LogP contribution in [0.25, 0.3) is 0 Å². The van der Waals surface area contributed by atoms with Crippen molar-refractivity contribution >= 4 is 5.91 Å². The molecular formula is C13H23N2O+. The number of quaternary nitrogens is 1. The SMILES string of the molecule is Cc1cc(C)n(C(=O)C([NH3+])CC(C)(C)C)c1. The number of hydrogen-bond donors (Lipinski definition) is 1. The topological polar surface area (TPSA) is 49.6 Å². The van der Waals surface area contributed by atoms with E-state index in [0.717, 1.165) is 17.7 Å². The predicted molar refractivity (Wildman–Crippen MR) is 65.3 cm³/mol. The molecule has 0 fully saturated rings. The minimum Gasteiger partial charge on any atom is -0.347 e. The van der Waals surface area contributed by atoms with E-state index in [0.29, 0.717) is 0 Å². The highest BCUT2D eigenvalue weighted by atomic mass is 16.2. The minimum atomic E-state index is -0.175. The Morgan fingerprint density at radius 2 is 2.00 bits per heavy atom. The first-order valence-corrected chi connectivity index (χ1v) is 5.73. The fourth-order valence-electron chi connectivity index (χ4n) is 2.00. The van der Waals surface area contributed by atoms with Gasteiger partial charge in [-0.15, -0.1) is 0 Å². The molecule has 1 aromatic heterocycles. The molecule has 0 amide bonds. The Bertz CT molecular complexity index is 385. The third-order valence-electron chi connectivity index (χ3n) is 2.59. The average Bonchev–Trinajstić information content (AvgIpc) is 2.41. The summed E-state index contributed by atoms with van der Waals surface area (Å²) in [6, 6.07) is 1.84. The predicted octanol–water partition coefficient (Wildman–Crippen LogP) is 1.79. The van der Waals surface area contributed by atoms with Crippen molar-refractivity contribution in [1.29, 1.82) is 0 Å². The lowest BCUT2D eigenvalue weighted by Gasteiger charge is -2.20. The molecule has 0 aliphatic rings. The Kier molecular flexibility index (Phi) is 3.58. The van der Waals surface area contributed by atoms with E-state index >= 15 is 0 Å². The summed E-state index contributed by atoms with van der Waals surface area (Å²) in [5.74, 6) is 0.0977. The zero-order valence-electron chi connectivity index (χ0n) is 11.0. The van der Waals surface area contributed by atoms with E-state index in [-0.39, 0.29) is 17.4 Å². The van der Waals surface area contributed by atoms with Crippen LogP contribution in [0.1, 0.15) is 43.2 Å². The van der Waals surface area contributed by atoms with E-state index in [1.807, 2.05) is 26.1 Å². The molecule has 16 heavy (non-hydrogen) atoms. The second-order valence-electron chi connectivity index (χ2n) is 5.83. The van der Waals surface area contributed by atoms with Crippen LogP contribution >= 0.6 is 0 Å². The number of hydrogen-bond acceptors (Lipinski definition) is 1. The van der Waals surface area contributed by atoms with E-state index in [9.17, 15) is 4.79 Å². The summed E-state index contributed by atoms with van der Waals surface area (Å²) in [6.07, 6.45) is 2.70. The first-order valence-electron chi connectivity index (χ1n) is 5.73. The van der Waals surface area contributed by atoms with Crippen LogP contribution in [0.3, 0.4) is 0 Å². The van der Waals surface area contributed by atoms with Gasteiger partial charge in [-0.1, -0.05) is 20.8 Å². The molecule has 1 unspecified atom stereocenters. The molecule has 3 heteroatoms. The average molecular weight is 223 g/mol. The summed E-state index contributed by atoms with van der Waals surface area (Å²) in [5.41, 5.74) is 6.23. The van der Waals surface area contributed by atoms with Crippen molar-refractivity contribution in [2.24, 2.45) is 5.41 Å². The van der Waals surface area contributed by atoms with Gasteiger partial charge in [0.15, 0.2) is 6.04 Å². The number of rotatable bonds is 2. The Labute approximate surface area is 97.6 Å². The second kappa shape index (κ2) is 4.42. The van der Waals surface area contributed by atoms with Gasteiger partial charge in [0.2, 0.25) is 0 Å². The molecule has 3 nitrogen and oxygen atoms in total. The van der Waals surface area contributed by atoms with Crippen molar-refractivity contribution in [2.75, 3.05) is 0 Å². The molecule has 0 aliphatic heterocycles. The summed E-state index contributed by atoms with van der Waals surface area (Å²) < 4.78 is 1.72. The Morgan fingerprint density at radius 3 is 2.38 bits per heavy atom. The zero-order valence-corrected chi connectivity index (χ0v) is 11.0. The van der Waals surface area contributed by atoms with E-state index in [1.165, 1.54) is 0 Å². The third kappa shape index (κ3) is 3.20. The van der Waals surface area contributed by atoms with E-state index in [1.54, 1.807) is 4.57 Å². The van der Waals surface area contributed by atoms with E-state index in [2.05, 4.69) is 26.5 Å². The van der Waals surface area contributed by atoms with Crippen LogP contribution in [0.15, 0.2) is 12.3 Å². The van der Waals surface area contributed by atoms with Gasteiger partial charge in [0.05, 0.1) is 0 Å². The minimum absolute atomic E-state index is 0.0977. The fourth-order valence-corrected chi connectivity index (χ4v) is 2.00. The van der Waals surface area contributed by atoms with Gasteiger partial charge in [0.25, 0.3) is 5.91 Å². The fraction of sp³-hybridized carbons (Fsp3) is 0.615. The molecule has 90 valence electrons. The molecule has 0 bridgehead atoms. The van der Waals surface area contributed by atoms with Crippen LogP contribution in [0.4, 0.5) is 0 Å². The van der Waals surface area contributed by atoms with Crippen molar-refractivity contribution in [2.45, 2.75) is 47.1 Å². The molecule has 0 aromatic carbocycles. The van der Waals surface area contributed by atoms with Crippen molar-refractivity contribution in [3.63, 3.8) is 0 Å². The van der Waals surface area contributed by atoms with Gasteiger partial charge in [-0.05, 0) is 30.9 Å². The zero-order chi connectivity index (χ0) is 12.5. The standard InChI is InChI=1S/C13H22N2O/c1-9-6-10(2)15(8-9)12(16)11(14)7-13(3,4)5/h6,8,11H,7,14H2,1-5H3/p+1. The molecule has 1 heterocycles.